The third-order valence-electron chi connectivity index (χ3n) is 4.27. The molecule has 1 amide bonds. The number of aromatic nitrogens is 2. The quantitative estimate of drug-likeness (QED) is 0.683. The zero-order valence-electron chi connectivity index (χ0n) is 14.0. The van der Waals surface area contributed by atoms with Crippen molar-refractivity contribution in [1.82, 2.24) is 14.9 Å². The molecule has 0 saturated heterocycles. The summed E-state index contributed by atoms with van der Waals surface area (Å²) >= 11 is 1.48. The van der Waals surface area contributed by atoms with Gasteiger partial charge in [-0.1, -0.05) is 6.07 Å². The molecule has 1 aliphatic carbocycles. The molecule has 7 heteroatoms. The van der Waals surface area contributed by atoms with E-state index < -0.39 is 0 Å². The summed E-state index contributed by atoms with van der Waals surface area (Å²) in [5.41, 5.74) is 1.57. The van der Waals surface area contributed by atoms with Gasteiger partial charge in [-0.3, -0.25) is 4.79 Å². The molecule has 4 rings (SSSR count). The fourth-order valence-electron chi connectivity index (χ4n) is 2.80. The Bertz CT molecular complexity index is 898. The Hall–Kier alpha value is -2.54. The molecule has 2 heterocycles. The minimum Gasteiger partial charge on any atom is -0.496 e. The maximum atomic E-state index is 12.2. The first-order chi connectivity index (χ1) is 12.2. The van der Waals surface area contributed by atoms with Crippen molar-refractivity contribution < 1.29 is 9.53 Å². The molecule has 25 heavy (non-hydrogen) atoms. The number of nitrogens with one attached hydrogen (secondary N) is 2. The first kappa shape index (κ1) is 16.0. The van der Waals surface area contributed by atoms with Gasteiger partial charge in [0.25, 0.3) is 5.91 Å². The van der Waals surface area contributed by atoms with Crippen LogP contribution in [0.2, 0.25) is 0 Å². The molecule has 0 radical (unpaired) electrons. The largest absolute Gasteiger partial charge is 0.496 e. The van der Waals surface area contributed by atoms with Gasteiger partial charge in [0.15, 0.2) is 5.13 Å². The van der Waals surface area contributed by atoms with Gasteiger partial charge < -0.3 is 19.9 Å². The van der Waals surface area contributed by atoms with Gasteiger partial charge in [-0.05, 0) is 31.0 Å². The van der Waals surface area contributed by atoms with E-state index in [1.165, 1.54) is 24.2 Å². The zero-order chi connectivity index (χ0) is 17.2. The van der Waals surface area contributed by atoms with Gasteiger partial charge >= 0.3 is 0 Å². The average molecular weight is 356 g/mol. The van der Waals surface area contributed by atoms with E-state index in [9.17, 15) is 4.79 Å². The molecule has 0 aliphatic heterocycles. The second-order valence-electron chi connectivity index (χ2n) is 6.11. The van der Waals surface area contributed by atoms with Crippen molar-refractivity contribution in [3.8, 4) is 5.75 Å². The van der Waals surface area contributed by atoms with Gasteiger partial charge in [-0.2, -0.15) is 0 Å². The van der Waals surface area contributed by atoms with Crippen LogP contribution in [0.1, 0.15) is 23.3 Å². The summed E-state index contributed by atoms with van der Waals surface area (Å²) in [5, 5.41) is 9.96. The number of nitrogens with zero attached hydrogens (tertiary/aromatic N) is 2. The van der Waals surface area contributed by atoms with E-state index >= 15 is 0 Å². The minimum atomic E-state index is -0.130. The topological polar surface area (TPSA) is 68.2 Å². The number of hydrogen-bond donors (Lipinski definition) is 2. The van der Waals surface area contributed by atoms with E-state index in [2.05, 4.69) is 26.3 Å². The van der Waals surface area contributed by atoms with Crippen molar-refractivity contribution in [2.45, 2.75) is 25.4 Å². The van der Waals surface area contributed by atoms with Crippen LogP contribution in [0.25, 0.3) is 10.9 Å². The minimum absolute atomic E-state index is 0.130. The Morgan fingerprint density at radius 3 is 3.08 bits per heavy atom. The van der Waals surface area contributed by atoms with Gasteiger partial charge in [0.1, 0.15) is 11.4 Å². The number of fused-ring (bicyclic) bond motifs is 1. The van der Waals surface area contributed by atoms with Crippen molar-refractivity contribution in [3.63, 3.8) is 0 Å². The Labute approximate surface area is 149 Å². The van der Waals surface area contributed by atoms with Crippen LogP contribution in [-0.2, 0) is 6.54 Å². The summed E-state index contributed by atoms with van der Waals surface area (Å²) in [7, 11) is 1.67. The molecule has 0 unspecified atom stereocenters. The van der Waals surface area contributed by atoms with Crippen molar-refractivity contribution in [3.05, 3.63) is 41.5 Å². The molecular formula is C18H20N4O2S. The van der Waals surface area contributed by atoms with Crippen LogP contribution in [0.15, 0.2) is 35.8 Å². The zero-order valence-corrected chi connectivity index (χ0v) is 14.8. The maximum Gasteiger partial charge on any atom is 0.270 e. The Morgan fingerprint density at radius 1 is 1.40 bits per heavy atom. The molecule has 0 spiro atoms. The number of thiazole rings is 1. The van der Waals surface area contributed by atoms with Gasteiger partial charge in [0.05, 0.1) is 12.6 Å². The molecule has 2 aromatic heterocycles. The number of rotatable bonds is 7. The number of anilines is 1. The highest BCUT2D eigenvalue weighted by molar-refractivity contribution is 7.13. The van der Waals surface area contributed by atoms with Gasteiger partial charge in [0, 0.05) is 36.1 Å². The van der Waals surface area contributed by atoms with Crippen LogP contribution in [-0.4, -0.2) is 35.2 Å². The molecule has 1 aromatic carbocycles. The number of amides is 1. The lowest BCUT2D eigenvalue weighted by Crippen LogP contribution is -2.27. The SMILES string of the molecule is COc1cccc2c1ccn2CCNC(=O)c1csc(NC2CC2)n1. The van der Waals surface area contributed by atoms with Crippen LogP contribution < -0.4 is 15.4 Å². The summed E-state index contributed by atoms with van der Waals surface area (Å²) in [5.74, 6) is 0.729. The van der Waals surface area contributed by atoms with Crippen molar-refractivity contribution in [1.29, 1.82) is 0 Å². The second-order valence-corrected chi connectivity index (χ2v) is 6.97. The summed E-state index contributed by atoms with van der Waals surface area (Å²) < 4.78 is 7.49. The predicted octanol–water partition coefficient (Wildman–Crippen LogP) is 3.11. The molecule has 130 valence electrons. The molecule has 0 bridgehead atoms. The number of methoxy groups -OCH3 is 1. The summed E-state index contributed by atoms with van der Waals surface area (Å²) in [6, 6.07) is 8.55. The highest BCUT2D eigenvalue weighted by atomic mass is 32.1. The summed E-state index contributed by atoms with van der Waals surface area (Å²) in [6.45, 7) is 1.24. The smallest absolute Gasteiger partial charge is 0.270 e. The highest BCUT2D eigenvalue weighted by Gasteiger charge is 2.22. The second kappa shape index (κ2) is 6.76. The molecular weight excluding hydrogens is 336 g/mol. The van der Waals surface area contributed by atoms with Crippen LogP contribution in [0.4, 0.5) is 5.13 Å². The standard InChI is InChI=1S/C18H20N4O2S/c1-24-16-4-2-3-15-13(16)7-9-22(15)10-8-19-17(23)14-11-25-18(21-14)20-12-5-6-12/h2-4,7,9,11-12H,5-6,8,10H2,1H3,(H,19,23)(H,20,21). The predicted molar refractivity (Wildman–Crippen MR) is 99.6 cm³/mol. The summed E-state index contributed by atoms with van der Waals surface area (Å²) in [4.78, 5) is 16.6. The fraction of sp³-hybridized carbons (Fsp3) is 0.333. The van der Waals surface area contributed by atoms with Crippen molar-refractivity contribution in [2.24, 2.45) is 0 Å². The van der Waals surface area contributed by atoms with Crippen LogP contribution in [0, 0.1) is 0 Å². The Morgan fingerprint density at radius 2 is 2.28 bits per heavy atom. The monoisotopic (exact) mass is 356 g/mol. The third-order valence-corrected chi connectivity index (χ3v) is 5.05. The number of hydrogen-bond acceptors (Lipinski definition) is 5. The Balaban J connectivity index is 1.35. The third kappa shape index (κ3) is 3.46. The van der Waals surface area contributed by atoms with Gasteiger partial charge in [0.2, 0.25) is 0 Å². The van der Waals surface area contributed by atoms with E-state index in [0.717, 1.165) is 21.8 Å². The van der Waals surface area contributed by atoms with E-state index in [0.29, 0.717) is 24.8 Å². The molecule has 1 fully saturated rings. The normalized spacial score (nSPS) is 13.8. The van der Waals surface area contributed by atoms with E-state index in [1.54, 1.807) is 12.5 Å². The van der Waals surface area contributed by atoms with Gasteiger partial charge in [-0.25, -0.2) is 4.98 Å². The first-order valence-electron chi connectivity index (χ1n) is 8.36. The van der Waals surface area contributed by atoms with E-state index in [4.69, 9.17) is 4.74 Å². The number of carbonyl (C=O) groups is 1. The van der Waals surface area contributed by atoms with E-state index in [-0.39, 0.29) is 5.91 Å². The molecule has 2 N–H and O–H groups in total. The summed E-state index contributed by atoms with van der Waals surface area (Å²) in [6.07, 6.45) is 4.40. The molecule has 1 aliphatic rings. The molecule has 0 atom stereocenters. The average Bonchev–Trinajstić information content (AvgIpc) is 3.15. The van der Waals surface area contributed by atoms with Crippen LogP contribution in [0.3, 0.4) is 0 Å². The Kier molecular flexibility index (Phi) is 4.31. The lowest BCUT2D eigenvalue weighted by atomic mass is 10.2. The maximum absolute atomic E-state index is 12.2. The molecule has 6 nitrogen and oxygen atoms in total. The number of carbonyl (C=O) groups excluding carboxylic acids is 1. The first-order valence-corrected chi connectivity index (χ1v) is 9.24. The molecule has 1 saturated carbocycles. The van der Waals surface area contributed by atoms with Crippen LogP contribution >= 0.6 is 11.3 Å². The lowest BCUT2D eigenvalue weighted by Gasteiger charge is -2.08. The molecule has 3 aromatic rings. The van der Waals surface area contributed by atoms with Crippen LogP contribution in [0.5, 0.6) is 5.75 Å². The highest BCUT2D eigenvalue weighted by Crippen LogP contribution is 2.27. The van der Waals surface area contributed by atoms with Gasteiger partial charge in [-0.15, -0.1) is 11.3 Å². The lowest BCUT2D eigenvalue weighted by molar-refractivity contribution is 0.0948. The van der Waals surface area contributed by atoms with Crippen molar-refractivity contribution >= 4 is 33.3 Å². The number of ether oxygens (including phenoxy) is 1. The number of benzene rings is 1. The fourth-order valence-corrected chi connectivity index (χ4v) is 3.56. The van der Waals surface area contributed by atoms with Crippen molar-refractivity contribution in [2.75, 3.05) is 19.0 Å². The van der Waals surface area contributed by atoms with E-state index in [1.807, 2.05) is 24.4 Å².